The number of nitrogens with two attached hydrogens (primary N) is 1. The number of urea groups is 2. The molecule has 0 rings (SSSR count). The van der Waals surface area contributed by atoms with Gasteiger partial charge in [-0.1, -0.05) is 6.92 Å². The molecule has 98 valence electrons. The maximum Gasteiger partial charge on any atom is 0.323 e. The molecular formula is C9H18N4O4. The molecular weight excluding hydrogens is 228 g/mol. The van der Waals surface area contributed by atoms with Gasteiger partial charge < -0.3 is 26.4 Å². The molecule has 17 heavy (non-hydrogen) atoms. The van der Waals surface area contributed by atoms with Gasteiger partial charge in [0.15, 0.2) is 0 Å². The van der Waals surface area contributed by atoms with Crippen LogP contribution < -0.4 is 16.4 Å². The van der Waals surface area contributed by atoms with E-state index >= 15 is 0 Å². The summed E-state index contributed by atoms with van der Waals surface area (Å²) in [5.74, 6) is -1.07. The highest BCUT2D eigenvalue weighted by atomic mass is 16.4. The fourth-order valence-electron chi connectivity index (χ4n) is 1.15. The number of rotatable bonds is 7. The second-order valence-corrected chi connectivity index (χ2v) is 3.34. The zero-order valence-corrected chi connectivity index (χ0v) is 9.73. The Hall–Kier alpha value is -1.99. The Labute approximate surface area is 99.1 Å². The van der Waals surface area contributed by atoms with Crippen LogP contribution in [0.4, 0.5) is 9.59 Å². The lowest BCUT2D eigenvalue weighted by atomic mass is 10.4. The van der Waals surface area contributed by atoms with Crippen molar-refractivity contribution in [3.05, 3.63) is 0 Å². The van der Waals surface area contributed by atoms with Gasteiger partial charge in [-0.05, 0) is 6.42 Å². The van der Waals surface area contributed by atoms with Gasteiger partial charge in [0.2, 0.25) is 0 Å². The number of nitrogens with zero attached hydrogens (tertiary/aromatic N) is 1. The largest absolute Gasteiger partial charge is 0.480 e. The summed E-state index contributed by atoms with van der Waals surface area (Å²) in [5, 5.41) is 13.4. The average Bonchev–Trinajstić information content (AvgIpc) is 2.22. The van der Waals surface area contributed by atoms with Crippen molar-refractivity contribution in [1.29, 1.82) is 0 Å². The van der Waals surface area contributed by atoms with Gasteiger partial charge in [-0.3, -0.25) is 4.79 Å². The van der Waals surface area contributed by atoms with Crippen molar-refractivity contribution < 1.29 is 19.5 Å². The predicted octanol–water partition coefficient (Wildman–Crippen LogP) is -0.839. The number of aliphatic carboxylic acids is 1. The molecule has 5 N–H and O–H groups in total. The fraction of sp³-hybridized carbons (Fsp3) is 0.667. The van der Waals surface area contributed by atoms with E-state index in [-0.39, 0.29) is 19.6 Å². The standard InChI is InChI=1S/C9H18N4O4/c1-2-5-13(6-7(14)15)9(17)12-4-3-11-8(10)16/h2-6H2,1H3,(H,12,17)(H,14,15)(H3,10,11,16). The van der Waals surface area contributed by atoms with Crippen LogP contribution in [0, 0.1) is 0 Å². The molecule has 0 unspecified atom stereocenters. The smallest absolute Gasteiger partial charge is 0.323 e. The first-order chi connectivity index (χ1) is 7.97. The molecule has 0 aromatic carbocycles. The highest BCUT2D eigenvalue weighted by Gasteiger charge is 2.14. The zero-order valence-electron chi connectivity index (χ0n) is 9.73. The van der Waals surface area contributed by atoms with Gasteiger partial charge in [0.05, 0.1) is 0 Å². The first-order valence-corrected chi connectivity index (χ1v) is 5.25. The molecule has 0 saturated carbocycles. The summed E-state index contributed by atoms with van der Waals surface area (Å²) in [6.07, 6.45) is 0.667. The van der Waals surface area contributed by atoms with Crippen molar-refractivity contribution in [3.8, 4) is 0 Å². The van der Waals surface area contributed by atoms with E-state index in [9.17, 15) is 14.4 Å². The quantitative estimate of drug-likeness (QED) is 0.437. The second-order valence-electron chi connectivity index (χ2n) is 3.34. The number of primary amides is 1. The first kappa shape index (κ1) is 15.0. The minimum Gasteiger partial charge on any atom is -0.480 e. The van der Waals surface area contributed by atoms with Crippen LogP contribution in [0.15, 0.2) is 0 Å². The number of carbonyl (C=O) groups excluding carboxylic acids is 2. The second kappa shape index (κ2) is 8.20. The van der Waals surface area contributed by atoms with Crippen molar-refractivity contribution in [2.24, 2.45) is 5.73 Å². The Kier molecular flexibility index (Phi) is 7.24. The van der Waals surface area contributed by atoms with Gasteiger partial charge in [-0.2, -0.15) is 0 Å². The minimum absolute atomic E-state index is 0.196. The molecule has 0 spiro atoms. The summed E-state index contributed by atoms with van der Waals surface area (Å²) in [4.78, 5) is 33.6. The monoisotopic (exact) mass is 246 g/mol. The Balaban J connectivity index is 3.96. The number of hydrogen-bond acceptors (Lipinski definition) is 3. The van der Waals surface area contributed by atoms with E-state index in [1.807, 2.05) is 6.92 Å². The minimum atomic E-state index is -1.07. The molecule has 8 heteroatoms. The Morgan fingerprint density at radius 1 is 1.24 bits per heavy atom. The highest BCUT2D eigenvalue weighted by molar-refractivity contribution is 5.80. The van der Waals surface area contributed by atoms with E-state index in [0.717, 1.165) is 0 Å². The van der Waals surface area contributed by atoms with Crippen molar-refractivity contribution >= 4 is 18.0 Å². The van der Waals surface area contributed by atoms with E-state index in [0.29, 0.717) is 13.0 Å². The molecule has 0 heterocycles. The maximum atomic E-state index is 11.5. The van der Waals surface area contributed by atoms with E-state index in [1.54, 1.807) is 0 Å². The molecule has 0 aliphatic heterocycles. The molecule has 0 aliphatic carbocycles. The molecule has 0 radical (unpaired) electrons. The fourth-order valence-corrected chi connectivity index (χ4v) is 1.15. The van der Waals surface area contributed by atoms with Crippen LogP contribution in [0.3, 0.4) is 0 Å². The summed E-state index contributed by atoms with van der Waals surface area (Å²) in [6, 6.07) is -1.14. The van der Waals surface area contributed by atoms with E-state index in [1.165, 1.54) is 4.90 Å². The van der Waals surface area contributed by atoms with Crippen LogP contribution in [-0.2, 0) is 4.79 Å². The Bertz CT molecular complexity index is 282. The molecule has 0 atom stereocenters. The zero-order chi connectivity index (χ0) is 13.3. The summed E-state index contributed by atoms with van der Waals surface area (Å²) in [5.41, 5.74) is 4.83. The Morgan fingerprint density at radius 3 is 2.29 bits per heavy atom. The average molecular weight is 246 g/mol. The van der Waals surface area contributed by atoms with Gasteiger partial charge >= 0.3 is 18.0 Å². The van der Waals surface area contributed by atoms with Gasteiger partial charge in [0, 0.05) is 19.6 Å². The number of carboxylic acid groups (broad SMARTS) is 1. The number of hydrogen-bond donors (Lipinski definition) is 4. The topological polar surface area (TPSA) is 125 Å². The van der Waals surface area contributed by atoms with E-state index < -0.39 is 18.0 Å². The van der Waals surface area contributed by atoms with E-state index in [4.69, 9.17) is 10.8 Å². The predicted molar refractivity (Wildman–Crippen MR) is 60.5 cm³/mol. The van der Waals surface area contributed by atoms with Crippen LogP contribution in [0.25, 0.3) is 0 Å². The van der Waals surface area contributed by atoms with Crippen molar-refractivity contribution in [2.75, 3.05) is 26.2 Å². The lowest BCUT2D eigenvalue weighted by Gasteiger charge is -2.20. The molecule has 8 nitrogen and oxygen atoms in total. The van der Waals surface area contributed by atoms with Crippen LogP contribution in [0.1, 0.15) is 13.3 Å². The van der Waals surface area contributed by atoms with Crippen molar-refractivity contribution in [1.82, 2.24) is 15.5 Å². The number of nitrogens with one attached hydrogen (secondary N) is 2. The van der Waals surface area contributed by atoms with Crippen LogP contribution in [0.2, 0.25) is 0 Å². The first-order valence-electron chi connectivity index (χ1n) is 5.25. The molecule has 0 aromatic rings. The SMILES string of the molecule is CCCN(CC(=O)O)C(=O)NCCNC(N)=O. The number of amides is 4. The van der Waals surface area contributed by atoms with Crippen molar-refractivity contribution in [2.45, 2.75) is 13.3 Å². The molecule has 0 bridgehead atoms. The lowest BCUT2D eigenvalue weighted by Crippen LogP contribution is -2.45. The number of carbonyl (C=O) groups is 3. The molecule has 0 saturated heterocycles. The van der Waals surface area contributed by atoms with Crippen LogP contribution in [0.5, 0.6) is 0 Å². The van der Waals surface area contributed by atoms with Gasteiger partial charge in [0.1, 0.15) is 6.54 Å². The maximum absolute atomic E-state index is 11.5. The van der Waals surface area contributed by atoms with Gasteiger partial charge in [-0.15, -0.1) is 0 Å². The normalized spacial score (nSPS) is 9.47. The molecule has 0 aliphatic rings. The van der Waals surface area contributed by atoms with E-state index in [2.05, 4.69) is 10.6 Å². The van der Waals surface area contributed by atoms with Gasteiger partial charge in [0.25, 0.3) is 0 Å². The molecule has 4 amide bonds. The third-order valence-corrected chi connectivity index (χ3v) is 1.81. The summed E-state index contributed by atoms with van der Waals surface area (Å²) in [7, 11) is 0. The third kappa shape index (κ3) is 7.88. The Morgan fingerprint density at radius 2 is 1.82 bits per heavy atom. The summed E-state index contributed by atoms with van der Waals surface area (Å²) >= 11 is 0. The third-order valence-electron chi connectivity index (χ3n) is 1.81. The summed E-state index contributed by atoms with van der Waals surface area (Å²) < 4.78 is 0. The summed E-state index contributed by atoms with van der Waals surface area (Å²) in [6.45, 7) is 2.26. The highest BCUT2D eigenvalue weighted by Crippen LogP contribution is 1.92. The van der Waals surface area contributed by atoms with Crippen molar-refractivity contribution in [3.63, 3.8) is 0 Å². The van der Waals surface area contributed by atoms with Crippen LogP contribution >= 0.6 is 0 Å². The molecule has 0 fully saturated rings. The van der Waals surface area contributed by atoms with Gasteiger partial charge in [-0.25, -0.2) is 9.59 Å². The molecule has 0 aromatic heterocycles. The lowest BCUT2D eigenvalue weighted by molar-refractivity contribution is -0.137. The van der Waals surface area contributed by atoms with Crippen LogP contribution in [-0.4, -0.2) is 54.2 Å². The number of carboxylic acids is 1.